The number of hydrogen-bond acceptors (Lipinski definition) is 4. The van der Waals surface area contributed by atoms with Crippen molar-refractivity contribution in [3.63, 3.8) is 0 Å². The van der Waals surface area contributed by atoms with E-state index in [2.05, 4.69) is 11.1 Å². The van der Waals surface area contributed by atoms with Crippen molar-refractivity contribution in [2.45, 2.75) is 6.92 Å². The van der Waals surface area contributed by atoms with Crippen molar-refractivity contribution in [2.24, 2.45) is 0 Å². The van der Waals surface area contributed by atoms with Crippen LogP contribution in [-0.2, 0) is 0 Å². The second-order valence-corrected chi connectivity index (χ2v) is 8.20. The van der Waals surface area contributed by atoms with Crippen LogP contribution in [0.5, 0.6) is 0 Å². The van der Waals surface area contributed by atoms with Crippen LogP contribution in [0.1, 0.15) is 15.9 Å². The van der Waals surface area contributed by atoms with Gasteiger partial charge in [0.15, 0.2) is 5.13 Å². The van der Waals surface area contributed by atoms with Crippen LogP contribution in [0.4, 0.5) is 5.13 Å². The molecule has 0 radical (unpaired) electrons. The number of likely N-dealkylation sites (N-methyl/N-ethyl adjacent to an activating group) is 1. The Morgan fingerprint density at radius 3 is 2.56 bits per heavy atom. The van der Waals surface area contributed by atoms with Crippen molar-refractivity contribution >= 4 is 68.2 Å². The normalized spacial score (nSPS) is 10.9. The molecule has 1 heterocycles. The van der Waals surface area contributed by atoms with Gasteiger partial charge in [-0.15, -0.1) is 12.4 Å². The maximum absolute atomic E-state index is 13.2. The Morgan fingerprint density at radius 1 is 1.11 bits per heavy atom. The molecule has 0 aliphatic carbocycles. The molecule has 4 nitrogen and oxygen atoms in total. The SMILES string of the molecule is Cc1ccc2nc(N(CCN(C)C)C(=O)c3cc(Cl)ccc3Cl)sc2c1.Cl. The first kappa shape index (κ1) is 21.9. The summed E-state index contributed by atoms with van der Waals surface area (Å²) < 4.78 is 1.06. The fraction of sp³-hybridized carbons (Fsp3) is 0.263. The lowest BCUT2D eigenvalue weighted by Crippen LogP contribution is -2.36. The summed E-state index contributed by atoms with van der Waals surface area (Å²) in [7, 11) is 3.94. The van der Waals surface area contributed by atoms with Crippen LogP contribution in [0, 0.1) is 6.92 Å². The summed E-state index contributed by atoms with van der Waals surface area (Å²) in [6, 6.07) is 11.0. The van der Waals surface area contributed by atoms with Crippen molar-refractivity contribution in [1.29, 1.82) is 0 Å². The number of thiazole rings is 1. The maximum Gasteiger partial charge on any atom is 0.261 e. The molecule has 0 spiro atoms. The van der Waals surface area contributed by atoms with Gasteiger partial charge in [0.2, 0.25) is 0 Å². The molecule has 27 heavy (non-hydrogen) atoms. The van der Waals surface area contributed by atoms with E-state index < -0.39 is 0 Å². The molecule has 0 saturated heterocycles. The Hall–Kier alpha value is -1.37. The summed E-state index contributed by atoms with van der Waals surface area (Å²) in [5.74, 6) is -0.199. The van der Waals surface area contributed by atoms with E-state index in [1.165, 1.54) is 11.3 Å². The van der Waals surface area contributed by atoms with Crippen molar-refractivity contribution in [3.05, 3.63) is 57.6 Å². The average Bonchev–Trinajstić information content (AvgIpc) is 2.99. The van der Waals surface area contributed by atoms with Crippen LogP contribution in [0.3, 0.4) is 0 Å². The van der Waals surface area contributed by atoms with Gasteiger partial charge in [0.25, 0.3) is 5.91 Å². The zero-order chi connectivity index (χ0) is 18.8. The Balaban J connectivity index is 0.00000261. The summed E-state index contributed by atoms with van der Waals surface area (Å²) in [6.07, 6.45) is 0. The van der Waals surface area contributed by atoms with Crippen LogP contribution in [0.15, 0.2) is 36.4 Å². The molecule has 0 N–H and O–H groups in total. The Labute approximate surface area is 179 Å². The van der Waals surface area contributed by atoms with E-state index in [4.69, 9.17) is 23.2 Å². The average molecular weight is 445 g/mol. The number of fused-ring (bicyclic) bond motifs is 1. The van der Waals surface area contributed by atoms with E-state index in [1.54, 1.807) is 23.1 Å². The summed E-state index contributed by atoms with van der Waals surface area (Å²) >= 11 is 13.8. The van der Waals surface area contributed by atoms with Gasteiger partial charge in [-0.25, -0.2) is 4.98 Å². The van der Waals surface area contributed by atoms with Crippen molar-refractivity contribution in [3.8, 4) is 0 Å². The highest BCUT2D eigenvalue weighted by Gasteiger charge is 2.23. The van der Waals surface area contributed by atoms with Gasteiger partial charge in [-0.1, -0.05) is 40.6 Å². The van der Waals surface area contributed by atoms with Crippen LogP contribution < -0.4 is 4.90 Å². The van der Waals surface area contributed by atoms with E-state index in [9.17, 15) is 4.79 Å². The highest BCUT2D eigenvalue weighted by Crippen LogP contribution is 2.31. The Morgan fingerprint density at radius 2 is 1.85 bits per heavy atom. The fourth-order valence-corrected chi connectivity index (χ4v) is 3.98. The number of aryl methyl sites for hydroxylation is 1. The Kier molecular flexibility index (Phi) is 7.48. The predicted molar refractivity (Wildman–Crippen MR) is 118 cm³/mol. The number of halogens is 3. The minimum Gasteiger partial charge on any atom is -0.308 e. The molecule has 0 aliphatic rings. The maximum atomic E-state index is 13.2. The van der Waals surface area contributed by atoms with Gasteiger partial charge in [0.1, 0.15) is 0 Å². The van der Waals surface area contributed by atoms with Crippen molar-refractivity contribution < 1.29 is 4.79 Å². The highest BCUT2D eigenvalue weighted by atomic mass is 35.5. The minimum atomic E-state index is -0.199. The molecule has 2 aromatic carbocycles. The zero-order valence-electron chi connectivity index (χ0n) is 15.2. The van der Waals surface area contributed by atoms with Crippen LogP contribution in [-0.4, -0.2) is 43.0 Å². The van der Waals surface area contributed by atoms with Gasteiger partial charge in [0, 0.05) is 18.1 Å². The third-order valence-electron chi connectivity index (χ3n) is 3.94. The number of carbonyl (C=O) groups excluding carboxylic acids is 1. The first-order valence-electron chi connectivity index (χ1n) is 8.14. The summed E-state index contributed by atoms with van der Waals surface area (Å²) in [5.41, 5.74) is 2.43. The number of benzene rings is 2. The Bertz CT molecular complexity index is 959. The topological polar surface area (TPSA) is 36.4 Å². The molecule has 3 rings (SSSR count). The second kappa shape index (κ2) is 9.22. The van der Waals surface area contributed by atoms with Gasteiger partial charge in [0.05, 0.1) is 20.8 Å². The monoisotopic (exact) mass is 443 g/mol. The number of aromatic nitrogens is 1. The molecule has 144 valence electrons. The number of amides is 1. The molecule has 0 fully saturated rings. The van der Waals surface area contributed by atoms with Crippen molar-refractivity contribution in [1.82, 2.24) is 9.88 Å². The number of carbonyl (C=O) groups is 1. The summed E-state index contributed by atoms with van der Waals surface area (Å²) in [6.45, 7) is 3.26. The number of anilines is 1. The minimum absolute atomic E-state index is 0. The van der Waals surface area contributed by atoms with E-state index >= 15 is 0 Å². The highest BCUT2D eigenvalue weighted by molar-refractivity contribution is 7.22. The summed E-state index contributed by atoms with van der Waals surface area (Å²) in [4.78, 5) is 21.6. The van der Waals surface area contributed by atoms with E-state index in [-0.39, 0.29) is 18.3 Å². The number of rotatable bonds is 5. The molecule has 1 aromatic heterocycles. The van der Waals surface area contributed by atoms with Crippen LogP contribution in [0.25, 0.3) is 10.2 Å². The molecule has 0 saturated carbocycles. The molecule has 0 aliphatic heterocycles. The van der Waals surface area contributed by atoms with E-state index in [0.717, 1.165) is 15.8 Å². The second-order valence-electron chi connectivity index (χ2n) is 6.35. The molecule has 0 bridgehead atoms. The van der Waals surface area contributed by atoms with Crippen LogP contribution >= 0.6 is 46.9 Å². The largest absolute Gasteiger partial charge is 0.308 e. The molecule has 0 atom stereocenters. The smallest absolute Gasteiger partial charge is 0.261 e. The fourth-order valence-electron chi connectivity index (χ4n) is 2.53. The standard InChI is InChI=1S/C19H19Cl2N3OS.ClH/c1-12-4-7-16-17(10-12)26-19(22-16)24(9-8-23(2)3)18(25)14-11-13(20)5-6-15(14)21;/h4-7,10-11H,8-9H2,1-3H3;1H. The number of nitrogens with zero attached hydrogens (tertiary/aromatic N) is 3. The van der Waals surface area contributed by atoms with Gasteiger partial charge in [-0.3, -0.25) is 9.69 Å². The van der Waals surface area contributed by atoms with Crippen LogP contribution in [0.2, 0.25) is 10.0 Å². The van der Waals surface area contributed by atoms with E-state index in [1.807, 2.05) is 38.1 Å². The molecular weight excluding hydrogens is 425 g/mol. The lowest BCUT2D eigenvalue weighted by molar-refractivity contribution is 0.0985. The number of hydrogen-bond donors (Lipinski definition) is 0. The lowest BCUT2D eigenvalue weighted by atomic mass is 10.2. The van der Waals surface area contributed by atoms with Crippen molar-refractivity contribution in [2.75, 3.05) is 32.1 Å². The quantitative estimate of drug-likeness (QED) is 0.518. The molecule has 8 heteroatoms. The first-order valence-corrected chi connectivity index (χ1v) is 9.71. The van der Waals surface area contributed by atoms with Gasteiger partial charge in [-0.05, 0) is 56.9 Å². The van der Waals surface area contributed by atoms with Gasteiger partial charge < -0.3 is 4.90 Å². The predicted octanol–water partition coefficient (Wildman–Crippen LogP) is 5.54. The zero-order valence-corrected chi connectivity index (χ0v) is 18.3. The van der Waals surface area contributed by atoms with Gasteiger partial charge in [-0.2, -0.15) is 0 Å². The molecular formula is C19H20Cl3N3OS. The third-order valence-corrected chi connectivity index (χ3v) is 5.54. The first-order chi connectivity index (χ1) is 12.3. The third kappa shape index (κ3) is 5.12. The molecule has 1 amide bonds. The molecule has 0 unspecified atom stereocenters. The summed E-state index contributed by atoms with van der Waals surface area (Å²) in [5, 5.41) is 1.52. The molecule has 3 aromatic rings. The lowest BCUT2D eigenvalue weighted by Gasteiger charge is -2.22. The van der Waals surface area contributed by atoms with E-state index in [0.29, 0.717) is 33.8 Å². The van der Waals surface area contributed by atoms with Gasteiger partial charge >= 0.3 is 0 Å².